The van der Waals surface area contributed by atoms with Crippen molar-refractivity contribution in [2.24, 2.45) is 5.41 Å². The van der Waals surface area contributed by atoms with Gasteiger partial charge in [-0.15, -0.1) is 0 Å². The number of urea groups is 1. The number of nitrogens with one attached hydrogen (secondary N) is 2. The van der Waals surface area contributed by atoms with Gasteiger partial charge in [0.15, 0.2) is 0 Å². The Kier molecular flexibility index (Phi) is 6.89. The van der Waals surface area contributed by atoms with Crippen LogP contribution < -0.4 is 10.6 Å². The summed E-state index contributed by atoms with van der Waals surface area (Å²) in [5.74, 6) is -1.03. The Hall–Kier alpha value is -1.79. The van der Waals surface area contributed by atoms with Crippen LogP contribution in [-0.2, 0) is 9.59 Å². The van der Waals surface area contributed by atoms with E-state index in [9.17, 15) is 14.4 Å². The summed E-state index contributed by atoms with van der Waals surface area (Å²) in [5, 5.41) is 14.0. The minimum atomic E-state index is -0.975. The summed E-state index contributed by atoms with van der Waals surface area (Å²) in [5.41, 5.74) is -0.975. The summed E-state index contributed by atoms with van der Waals surface area (Å²) in [6.45, 7) is 3.60. The highest BCUT2D eigenvalue weighted by Crippen LogP contribution is 2.19. The van der Waals surface area contributed by atoms with Crippen molar-refractivity contribution in [3.8, 4) is 0 Å². The number of nitrogens with zero attached hydrogens (tertiary/aromatic N) is 1. The molecular weight excluding hydrogens is 250 g/mol. The molecule has 0 rings (SSSR count). The minimum absolute atomic E-state index is 0.0479. The number of carboxylic acids is 1. The molecule has 7 nitrogen and oxygen atoms in total. The Balaban J connectivity index is 4.00. The van der Waals surface area contributed by atoms with Gasteiger partial charge in [0.2, 0.25) is 5.91 Å². The van der Waals surface area contributed by atoms with Crippen LogP contribution in [0.2, 0.25) is 0 Å². The zero-order valence-corrected chi connectivity index (χ0v) is 11.9. The maximum Gasteiger partial charge on any atom is 0.314 e. The van der Waals surface area contributed by atoms with Crippen molar-refractivity contribution in [1.82, 2.24) is 15.5 Å². The molecule has 0 spiro atoms. The third-order valence-electron chi connectivity index (χ3n) is 3.06. The lowest BCUT2D eigenvalue weighted by atomic mass is 9.88. The van der Waals surface area contributed by atoms with Crippen LogP contribution in [0.4, 0.5) is 4.79 Å². The molecule has 1 unspecified atom stereocenters. The van der Waals surface area contributed by atoms with E-state index in [2.05, 4.69) is 10.6 Å². The Morgan fingerprint density at radius 2 is 1.79 bits per heavy atom. The van der Waals surface area contributed by atoms with Crippen molar-refractivity contribution in [3.63, 3.8) is 0 Å². The van der Waals surface area contributed by atoms with Gasteiger partial charge in [0.1, 0.15) is 0 Å². The molecule has 1 atom stereocenters. The Bertz CT molecular complexity index is 344. The molecule has 0 heterocycles. The molecule has 0 bridgehead atoms. The molecule has 0 radical (unpaired) electrons. The summed E-state index contributed by atoms with van der Waals surface area (Å²) in [4.78, 5) is 35.2. The average Bonchev–Trinajstić information content (AvgIpc) is 2.35. The smallest absolute Gasteiger partial charge is 0.314 e. The molecule has 0 saturated heterocycles. The molecule has 0 saturated carbocycles. The van der Waals surface area contributed by atoms with Crippen LogP contribution in [0.1, 0.15) is 26.7 Å². The first kappa shape index (κ1) is 17.2. The number of amides is 3. The number of carboxylic acid groups (broad SMARTS) is 1. The van der Waals surface area contributed by atoms with E-state index in [1.165, 1.54) is 4.90 Å². The standard InChI is InChI=1S/C12H23N3O4/c1-5-12(2,10(17)18)8-14-11(19)13-7-6-9(16)15(3)4/h5-8H2,1-4H3,(H,17,18)(H2,13,14,19). The third kappa shape index (κ3) is 6.08. The van der Waals surface area contributed by atoms with Crippen molar-refractivity contribution >= 4 is 17.9 Å². The molecule has 0 aliphatic rings. The van der Waals surface area contributed by atoms with Gasteiger partial charge in [-0.1, -0.05) is 6.92 Å². The van der Waals surface area contributed by atoms with Gasteiger partial charge in [-0.3, -0.25) is 9.59 Å². The lowest BCUT2D eigenvalue weighted by molar-refractivity contribution is -0.147. The number of hydrogen-bond donors (Lipinski definition) is 3. The Morgan fingerprint density at radius 3 is 2.21 bits per heavy atom. The van der Waals surface area contributed by atoms with Crippen LogP contribution in [0.25, 0.3) is 0 Å². The third-order valence-corrected chi connectivity index (χ3v) is 3.06. The van der Waals surface area contributed by atoms with E-state index in [4.69, 9.17) is 5.11 Å². The first-order valence-electron chi connectivity index (χ1n) is 6.18. The van der Waals surface area contributed by atoms with Gasteiger partial charge in [-0.2, -0.15) is 0 Å². The molecule has 19 heavy (non-hydrogen) atoms. The second-order valence-electron chi connectivity index (χ2n) is 4.87. The fourth-order valence-corrected chi connectivity index (χ4v) is 1.20. The van der Waals surface area contributed by atoms with Gasteiger partial charge in [0, 0.05) is 33.6 Å². The Morgan fingerprint density at radius 1 is 1.21 bits per heavy atom. The molecule has 0 fully saturated rings. The highest BCUT2D eigenvalue weighted by atomic mass is 16.4. The van der Waals surface area contributed by atoms with Gasteiger partial charge >= 0.3 is 12.0 Å². The van der Waals surface area contributed by atoms with Gasteiger partial charge < -0.3 is 20.6 Å². The highest BCUT2D eigenvalue weighted by Gasteiger charge is 2.31. The van der Waals surface area contributed by atoms with Gasteiger partial charge in [-0.25, -0.2) is 4.79 Å². The zero-order chi connectivity index (χ0) is 15.1. The number of rotatable bonds is 7. The number of carbonyl (C=O) groups is 3. The lowest BCUT2D eigenvalue weighted by Gasteiger charge is -2.23. The summed E-state index contributed by atoms with van der Waals surface area (Å²) >= 11 is 0. The van der Waals surface area contributed by atoms with Crippen LogP contribution in [0, 0.1) is 5.41 Å². The molecular formula is C12H23N3O4. The molecule has 0 aromatic rings. The van der Waals surface area contributed by atoms with Crippen molar-refractivity contribution in [3.05, 3.63) is 0 Å². The van der Waals surface area contributed by atoms with Crippen LogP contribution in [0.5, 0.6) is 0 Å². The first-order valence-corrected chi connectivity index (χ1v) is 6.18. The van der Waals surface area contributed by atoms with E-state index >= 15 is 0 Å². The monoisotopic (exact) mass is 273 g/mol. The fraction of sp³-hybridized carbons (Fsp3) is 0.750. The van der Waals surface area contributed by atoms with E-state index in [0.717, 1.165) is 0 Å². The first-order chi connectivity index (χ1) is 8.73. The maximum atomic E-state index is 11.4. The van der Waals surface area contributed by atoms with E-state index in [1.807, 2.05) is 0 Å². The van der Waals surface area contributed by atoms with E-state index in [0.29, 0.717) is 6.42 Å². The SMILES string of the molecule is CCC(C)(CNC(=O)NCCC(=O)N(C)C)C(=O)O. The van der Waals surface area contributed by atoms with Crippen LogP contribution >= 0.6 is 0 Å². The number of aliphatic carboxylic acids is 1. The van der Waals surface area contributed by atoms with Crippen molar-refractivity contribution < 1.29 is 19.5 Å². The van der Waals surface area contributed by atoms with Crippen molar-refractivity contribution in [1.29, 1.82) is 0 Å². The summed E-state index contributed by atoms with van der Waals surface area (Å²) in [6.07, 6.45) is 0.631. The predicted octanol–water partition coefficient (Wildman–Crippen LogP) is 0.265. The fourth-order valence-electron chi connectivity index (χ4n) is 1.20. The van der Waals surface area contributed by atoms with E-state index < -0.39 is 17.4 Å². The molecule has 7 heteroatoms. The van der Waals surface area contributed by atoms with Gasteiger partial charge in [-0.05, 0) is 13.3 Å². The minimum Gasteiger partial charge on any atom is -0.481 e. The van der Waals surface area contributed by atoms with Crippen molar-refractivity contribution in [2.75, 3.05) is 27.2 Å². The second kappa shape index (κ2) is 7.60. The lowest BCUT2D eigenvalue weighted by Crippen LogP contribution is -2.45. The van der Waals surface area contributed by atoms with E-state index in [1.54, 1.807) is 27.9 Å². The topological polar surface area (TPSA) is 98.7 Å². The molecule has 0 aliphatic carbocycles. The van der Waals surface area contributed by atoms with Crippen LogP contribution in [0.3, 0.4) is 0 Å². The quantitative estimate of drug-likeness (QED) is 0.620. The van der Waals surface area contributed by atoms with Gasteiger partial charge in [0.05, 0.1) is 5.41 Å². The van der Waals surface area contributed by atoms with Gasteiger partial charge in [0.25, 0.3) is 0 Å². The summed E-state index contributed by atoms with van der Waals surface area (Å²) < 4.78 is 0. The average molecular weight is 273 g/mol. The van der Waals surface area contributed by atoms with Crippen molar-refractivity contribution in [2.45, 2.75) is 26.7 Å². The molecule has 0 aliphatic heterocycles. The highest BCUT2D eigenvalue weighted by molar-refractivity contribution is 5.79. The van der Waals surface area contributed by atoms with Crippen LogP contribution in [0.15, 0.2) is 0 Å². The molecule has 110 valence electrons. The Labute approximate surface area is 113 Å². The molecule has 0 aromatic heterocycles. The second-order valence-corrected chi connectivity index (χ2v) is 4.87. The number of carbonyl (C=O) groups excluding carboxylic acids is 2. The largest absolute Gasteiger partial charge is 0.481 e. The zero-order valence-electron chi connectivity index (χ0n) is 11.9. The van der Waals surface area contributed by atoms with Crippen LogP contribution in [-0.4, -0.2) is 55.1 Å². The summed E-state index contributed by atoms with van der Waals surface area (Å²) in [7, 11) is 3.28. The maximum absolute atomic E-state index is 11.4. The molecule has 0 aromatic carbocycles. The molecule has 3 amide bonds. The number of hydrogen-bond acceptors (Lipinski definition) is 3. The summed E-state index contributed by atoms with van der Waals surface area (Å²) in [6, 6.07) is -0.465. The van der Waals surface area contributed by atoms with E-state index in [-0.39, 0.29) is 25.4 Å². The molecule has 3 N–H and O–H groups in total. The normalized spacial score (nSPS) is 13.3. The predicted molar refractivity (Wildman–Crippen MR) is 70.7 cm³/mol.